The smallest absolute Gasteiger partial charge is 0.436 e. The average Bonchev–Trinajstić information content (AvgIpc) is 3.17. The molecule has 38 heavy (non-hydrogen) atoms. The monoisotopic (exact) mass is 554 g/mol. The zero-order valence-electron chi connectivity index (χ0n) is 21.2. The summed E-state index contributed by atoms with van der Waals surface area (Å²) in [6, 6.07) is 3.04. The predicted octanol–water partition coefficient (Wildman–Crippen LogP) is 1.75. The third-order valence-electron chi connectivity index (χ3n) is 6.31. The SMILES string of the molecule is C=C[C@@]1(OC(=O)NC2(C)CC2)CO[C@H](c2cc(NC(=O)c3cc(COC)nn3C)n(COP(=O)(O)O)n2)C1. The van der Waals surface area contributed by atoms with Crippen LogP contribution in [0.2, 0.25) is 0 Å². The van der Waals surface area contributed by atoms with Gasteiger partial charge in [0.05, 0.1) is 24.6 Å². The molecule has 0 aromatic carbocycles. The molecular formula is C22H31N6O9P. The van der Waals surface area contributed by atoms with Crippen molar-refractivity contribution in [1.29, 1.82) is 0 Å². The summed E-state index contributed by atoms with van der Waals surface area (Å²) < 4.78 is 34.9. The molecule has 2 atom stereocenters. The Balaban J connectivity index is 1.52. The summed E-state index contributed by atoms with van der Waals surface area (Å²) in [7, 11) is -1.74. The number of rotatable bonds is 11. The average molecular weight is 554 g/mol. The van der Waals surface area contributed by atoms with Gasteiger partial charge in [-0.15, -0.1) is 0 Å². The Morgan fingerprint density at radius 3 is 2.71 bits per heavy atom. The molecule has 2 amide bonds. The van der Waals surface area contributed by atoms with Gasteiger partial charge >= 0.3 is 13.9 Å². The Kier molecular flexibility index (Phi) is 7.79. The van der Waals surface area contributed by atoms with Crippen LogP contribution in [0.15, 0.2) is 24.8 Å². The maximum atomic E-state index is 13.0. The Labute approximate surface area is 218 Å². The number of nitrogens with one attached hydrogen (secondary N) is 2. The van der Waals surface area contributed by atoms with Gasteiger partial charge in [-0.25, -0.2) is 14.0 Å². The van der Waals surface area contributed by atoms with Crippen molar-refractivity contribution >= 4 is 25.6 Å². The first-order valence-electron chi connectivity index (χ1n) is 11.7. The van der Waals surface area contributed by atoms with E-state index < -0.39 is 38.3 Å². The number of anilines is 1. The third-order valence-corrected chi connectivity index (χ3v) is 6.76. The number of nitrogens with zero attached hydrogens (tertiary/aromatic N) is 4. The van der Waals surface area contributed by atoms with Gasteiger partial charge in [0.25, 0.3) is 5.91 Å². The Morgan fingerprint density at radius 2 is 2.08 bits per heavy atom. The summed E-state index contributed by atoms with van der Waals surface area (Å²) in [5.74, 6) is -0.458. The lowest BCUT2D eigenvalue weighted by Gasteiger charge is -2.25. The highest BCUT2D eigenvalue weighted by Crippen LogP contribution is 2.40. The number of hydrogen-bond acceptors (Lipinski definition) is 9. The van der Waals surface area contributed by atoms with E-state index >= 15 is 0 Å². The van der Waals surface area contributed by atoms with E-state index in [1.807, 2.05) is 6.92 Å². The van der Waals surface area contributed by atoms with Gasteiger partial charge < -0.3 is 34.6 Å². The summed E-state index contributed by atoms with van der Waals surface area (Å²) in [5, 5.41) is 14.0. The molecule has 3 heterocycles. The van der Waals surface area contributed by atoms with Gasteiger partial charge in [-0.3, -0.25) is 14.0 Å². The zero-order valence-corrected chi connectivity index (χ0v) is 22.1. The van der Waals surface area contributed by atoms with Crippen LogP contribution in [0.5, 0.6) is 0 Å². The molecule has 2 aromatic rings. The van der Waals surface area contributed by atoms with E-state index in [9.17, 15) is 14.2 Å². The molecule has 0 radical (unpaired) electrons. The molecule has 0 unspecified atom stereocenters. The fourth-order valence-corrected chi connectivity index (χ4v) is 4.21. The topological polar surface area (TPSA) is 188 Å². The molecular weight excluding hydrogens is 523 g/mol. The summed E-state index contributed by atoms with van der Waals surface area (Å²) in [4.78, 5) is 43.7. The molecule has 2 aliphatic rings. The highest BCUT2D eigenvalue weighted by Gasteiger charge is 2.45. The van der Waals surface area contributed by atoms with Gasteiger partial charge in [-0.1, -0.05) is 6.58 Å². The van der Waals surface area contributed by atoms with E-state index in [4.69, 9.17) is 24.0 Å². The number of hydrogen-bond donors (Lipinski definition) is 4. The molecule has 2 aromatic heterocycles. The van der Waals surface area contributed by atoms with Crippen LogP contribution in [0.1, 0.15) is 54.2 Å². The van der Waals surface area contributed by atoms with Crippen molar-refractivity contribution in [3.63, 3.8) is 0 Å². The van der Waals surface area contributed by atoms with E-state index in [2.05, 4.69) is 31.9 Å². The molecule has 1 aliphatic carbocycles. The third kappa shape index (κ3) is 6.67. The Hall–Kier alpha value is -3.07. The second-order valence-corrected chi connectivity index (χ2v) is 10.8. The zero-order chi connectivity index (χ0) is 27.7. The second kappa shape index (κ2) is 10.6. The number of amides is 2. The second-order valence-electron chi connectivity index (χ2n) is 9.58. The highest BCUT2D eigenvalue weighted by molar-refractivity contribution is 7.46. The van der Waals surface area contributed by atoms with Crippen molar-refractivity contribution in [2.24, 2.45) is 7.05 Å². The molecule has 15 nitrogen and oxygen atoms in total. The van der Waals surface area contributed by atoms with Crippen LogP contribution in [-0.4, -0.2) is 66.2 Å². The first-order valence-corrected chi connectivity index (χ1v) is 13.2. The molecule has 2 fully saturated rings. The van der Waals surface area contributed by atoms with Crippen LogP contribution in [0.3, 0.4) is 0 Å². The fourth-order valence-electron chi connectivity index (χ4n) is 3.95. The number of carbonyl (C=O) groups is 2. The first kappa shape index (κ1) is 28.0. The van der Waals surface area contributed by atoms with E-state index in [1.54, 1.807) is 13.1 Å². The van der Waals surface area contributed by atoms with Crippen LogP contribution in [0.4, 0.5) is 10.6 Å². The number of phosphoric acid groups is 1. The lowest BCUT2D eigenvalue weighted by Crippen LogP contribution is -2.42. The van der Waals surface area contributed by atoms with E-state index in [1.165, 1.54) is 23.9 Å². The van der Waals surface area contributed by atoms with Gasteiger partial charge in [0.1, 0.15) is 17.6 Å². The molecule has 4 N–H and O–H groups in total. The number of carbonyl (C=O) groups excluding carboxylic acids is 2. The first-order chi connectivity index (χ1) is 17.8. The van der Waals surface area contributed by atoms with E-state index in [0.717, 1.165) is 17.5 Å². The molecule has 208 valence electrons. The summed E-state index contributed by atoms with van der Waals surface area (Å²) in [5.41, 5.74) is -0.294. The predicted molar refractivity (Wildman–Crippen MR) is 131 cm³/mol. The lowest BCUT2D eigenvalue weighted by molar-refractivity contribution is 0.0290. The molecule has 16 heteroatoms. The van der Waals surface area contributed by atoms with E-state index in [-0.39, 0.29) is 36.7 Å². The Morgan fingerprint density at radius 1 is 1.34 bits per heavy atom. The molecule has 4 rings (SSSR count). The number of ether oxygens (including phenoxy) is 3. The van der Waals surface area contributed by atoms with Crippen LogP contribution < -0.4 is 10.6 Å². The maximum Gasteiger partial charge on any atom is 0.471 e. The van der Waals surface area contributed by atoms with Gasteiger partial charge in [-0.05, 0) is 31.9 Å². The highest BCUT2D eigenvalue weighted by atomic mass is 31.2. The van der Waals surface area contributed by atoms with Gasteiger partial charge in [0.15, 0.2) is 12.3 Å². The molecule has 0 spiro atoms. The summed E-state index contributed by atoms with van der Waals surface area (Å²) in [6.07, 6.45) is 2.18. The normalized spacial score (nSPS) is 22.2. The standard InChI is InChI=1S/C22H31N6O9P/c1-5-22(37-20(30)24-21(2)6-7-21)10-17(35-12-22)15-9-18(28(26-15)13-36-38(31,32)33)23-19(29)16-8-14(11-34-4)25-27(16)3/h5,8-9,17H,1,6-7,10-13H2,2-4H3,(H,23,29)(H,24,30)(H2,31,32,33)/t17-,22-/m0/s1. The van der Waals surface area contributed by atoms with Crippen LogP contribution >= 0.6 is 7.82 Å². The van der Waals surface area contributed by atoms with E-state index in [0.29, 0.717) is 11.4 Å². The van der Waals surface area contributed by atoms with Crippen molar-refractivity contribution in [2.75, 3.05) is 19.0 Å². The minimum absolute atomic E-state index is 0.0239. The lowest BCUT2D eigenvalue weighted by atomic mass is 9.99. The quantitative estimate of drug-likeness (QED) is 0.234. The fraction of sp³-hybridized carbons (Fsp3) is 0.545. The van der Waals surface area contributed by atoms with Gasteiger partial charge in [0, 0.05) is 32.2 Å². The maximum absolute atomic E-state index is 13.0. The van der Waals surface area contributed by atoms with Crippen LogP contribution in [0.25, 0.3) is 0 Å². The molecule has 1 saturated heterocycles. The van der Waals surface area contributed by atoms with Crippen LogP contribution in [0, 0.1) is 0 Å². The largest absolute Gasteiger partial charge is 0.471 e. The molecule has 0 bridgehead atoms. The van der Waals surface area contributed by atoms with Crippen molar-refractivity contribution in [3.8, 4) is 0 Å². The number of alkyl carbamates (subject to hydrolysis) is 1. The minimum atomic E-state index is -4.84. The summed E-state index contributed by atoms with van der Waals surface area (Å²) >= 11 is 0. The molecule has 1 saturated carbocycles. The van der Waals surface area contributed by atoms with Crippen molar-refractivity contribution in [1.82, 2.24) is 24.9 Å². The molecule has 1 aliphatic heterocycles. The number of phosphoric ester groups is 1. The minimum Gasteiger partial charge on any atom is -0.436 e. The summed E-state index contributed by atoms with van der Waals surface area (Å²) in [6.45, 7) is 5.30. The van der Waals surface area contributed by atoms with Crippen molar-refractivity contribution in [3.05, 3.63) is 41.9 Å². The van der Waals surface area contributed by atoms with Gasteiger partial charge in [0.2, 0.25) is 0 Å². The number of aryl methyl sites for hydroxylation is 1. The number of methoxy groups -OCH3 is 1. The van der Waals surface area contributed by atoms with Crippen molar-refractivity contribution in [2.45, 2.75) is 56.8 Å². The Bertz CT molecular complexity index is 1270. The van der Waals surface area contributed by atoms with Crippen molar-refractivity contribution < 1.29 is 42.7 Å². The van der Waals surface area contributed by atoms with Gasteiger partial charge in [-0.2, -0.15) is 10.2 Å². The number of aromatic nitrogens is 4. The van der Waals surface area contributed by atoms with Crippen LogP contribution in [-0.2, 0) is 43.7 Å².